The third-order valence-electron chi connectivity index (χ3n) is 4.54. The van der Waals surface area contributed by atoms with Gasteiger partial charge in [0.1, 0.15) is 11.8 Å². The molecular weight excluding hydrogens is 374 g/mol. The minimum atomic E-state index is -0.166. The number of hydrogen-bond donors (Lipinski definition) is 1. The van der Waals surface area contributed by atoms with Gasteiger partial charge in [0.15, 0.2) is 5.11 Å². The lowest BCUT2D eigenvalue weighted by Gasteiger charge is -2.29. The van der Waals surface area contributed by atoms with Crippen molar-refractivity contribution < 1.29 is 9.59 Å². The van der Waals surface area contributed by atoms with Crippen LogP contribution < -0.4 is 15.1 Å². The van der Waals surface area contributed by atoms with E-state index in [0.717, 1.165) is 5.69 Å². The van der Waals surface area contributed by atoms with Gasteiger partial charge in [0, 0.05) is 31.3 Å². The average Bonchev–Trinajstić information content (AvgIpc) is 2.85. The molecule has 1 saturated heterocycles. The second-order valence-electron chi connectivity index (χ2n) is 6.36. The van der Waals surface area contributed by atoms with Gasteiger partial charge in [0.2, 0.25) is 5.91 Å². The molecule has 1 aromatic heterocycles. The van der Waals surface area contributed by atoms with Gasteiger partial charge in [0.25, 0.3) is 5.91 Å². The molecule has 8 heteroatoms. The van der Waals surface area contributed by atoms with Gasteiger partial charge in [-0.2, -0.15) is 5.26 Å². The molecule has 3 rings (SSSR count). The minimum Gasteiger partial charge on any atom is -0.355 e. The first kappa shape index (κ1) is 19.5. The summed E-state index contributed by atoms with van der Waals surface area (Å²) in [6.45, 7) is 2.36. The summed E-state index contributed by atoms with van der Waals surface area (Å²) < 4.78 is 0. The van der Waals surface area contributed by atoms with Crippen LogP contribution in [0.3, 0.4) is 0 Å². The molecule has 2 heterocycles. The summed E-state index contributed by atoms with van der Waals surface area (Å²) in [7, 11) is 1.58. The molecule has 1 N–H and O–H groups in total. The Labute approximate surface area is 168 Å². The maximum Gasteiger partial charge on any atom is 0.251 e. The first-order valence-corrected chi connectivity index (χ1v) is 9.20. The lowest BCUT2D eigenvalue weighted by atomic mass is 10.2. The van der Waals surface area contributed by atoms with Gasteiger partial charge in [-0.3, -0.25) is 14.5 Å². The van der Waals surface area contributed by atoms with E-state index in [1.165, 1.54) is 11.1 Å². The highest BCUT2D eigenvalue weighted by molar-refractivity contribution is 7.81. The van der Waals surface area contributed by atoms with Crippen molar-refractivity contribution in [3.05, 3.63) is 53.3 Å². The van der Waals surface area contributed by atoms with E-state index in [1.54, 1.807) is 32.2 Å². The lowest BCUT2D eigenvalue weighted by molar-refractivity contribution is -0.117. The van der Waals surface area contributed by atoms with E-state index in [9.17, 15) is 9.59 Å². The van der Waals surface area contributed by atoms with Crippen LogP contribution in [0.25, 0.3) is 0 Å². The Kier molecular flexibility index (Phi) is 5.66. The van der Waals surface area contributed by atoms with E-state index < -0.39 is 0 Å². The van der Waals surface area contributed by atoms with Crippen molar-refractivity contribution in [2.45, 2.75) is 19.8 Å². The van der Waals surface area contributed by atoms with Crippen LogP contribution in [0.1, 0.15) is 34.5 Å². The monoisotopic (exact) mass is 393 g/mol. The third-order valence-corrected chi connectivity index (χ3v) is 4.94. The van der Waals surface area contributed by atoms with Crippen molar-refractivity contribution in [2.75, 3.05) is 23.4 Å². The summed E-state index contributed by atoms with van der Waals surface area (Å²) >= 11 is 5.65. The zero-order valence-corrected chi connectivity index (χ0v) is 16.4. The van der Waals surface area contributed by atoms with Crippen LogP contribution in [0, 0.1) is 18.3 Å². The van der Waals surface area contributed by atoms with Crippen molar-refractivity contribution in [3.63, 3.8) is 0 Å². The Morgan fingerprint density at radius 2 is 2.00 bits per heavy atom. The first-order valence-electron chi connectivity index (χ1n) is 8.79. The number of carbonyl (C=O) groups excluding carboxylic acids is 2. The number of amides is 2. The standard InChI is InChI=1S/C20H19N5O2S/c1-13-10-16(12-23-17(13)11-21)25-18(26)4-3-9-24(20(25)28)15-7-5-14(6-8-15)19(27)22-2/h5-8,10,12H,3-4,9H2,1-2H3,(H,22,27). The lowest BCUT2D eigenvalue weighted by Crippen LogP contribution is -2.44. The van der Waals surface area contributed by atoms with Gasteiger partial charge in [-0.05, 0) is 61.5 Å². The van der Waals surface area contributed by atoms with Gasteiger partial charge < -0.3 is 10.2 Å². The van der Waals surface area contributed by atoms with Crippen LogP contribution in [-0.4, -0.2) is 35.5 Å². The molecule has 2 aromatic rings. The molecule has 0 unspecified atom stereocenters. The summed E-state index contributed by atoms with van der Waals surface area (Å²) in [6.07, 6.45) is 2.50. The van der Waals surface area contributed by atoms with Gasteiger partial charge in [-0.1, -0.05) is 0 Å². The number of anilines is 2. The molecular formula is C20H19N5O2S. The number of nitriles is 1. The molecule has 1 aliphatic rings. The number of carbonyl (C=O) groups is 2. The number of pyridine rings is 1. The van der Waals surface area contributed by atoms with Crippen molar-refractivity contribution >= 4 is 40.5 Å². The van der Waals surface area contributed by atoms with Gasteiger partial charge >= 0.3 is 0 Å². The average molecular weight is 393 g/mol. The van der Waals surface area contributed by atoms with Crippen LogP contribution in [0.15, 0.2) is 36.5 Å². The fourth-order valence-electron chi connectivity index (χ4n) is 3.05. The Hall–Kier alpha value is -3.31. The molecule has 142 valence electrons. The largest absolute Gasteiger partial charge is 0.355 e. The van der Waals surface area contributed by atoms with E-state index >= 15 is 0 Å². The molecule has 7 nitrogen and oxygen atoms in total. The topological polar surface area (TPSA) is 89.3 Å². The number of nitrogens with one attached hydrogen (secondary N) is 1. The Bertz CT molecular complexity index is 981. The normalized spacial score (nSPS) is 14.5. The number of hydrogen-bond acceptors (Lipinski definition) is 5. The highest BCUT2D eigenvalue weighted by Gasteiger charge is 2.29. The molecule has 0 spiro atoms. The summed E-state index contributed by atoms with van der Waals surface area (Å²) in [6, 6.07) is 10.8. The highest BCUT2D eigenvalue weighted by Crippen LogP contribution is 2.26. The Morgan fingerprint density at radius 3 is 2.61 bits per heavy atom. The molecule has 0 atom stereocenters. The van der Waals surface area contributed by atoms with E-state index in [0.29, 0.717) is 47.0 Å². The Morgan fingerprint density at radius 1 is 1.29 bits per heavy atom. The smallest absolute Gasteiger partial charge is 0.251 e. The predicted octanol–water partition coefficient (Wildman–Crippen LogP) is 2.54. The van der Waals surface area contributed by atoms with Gasteiger partial charge in [-0.25, -0.2) is 4.98 Å². The number of rotatable bonds is 3. The van der Waals surface area contributed by atoms with Crippen LogP contribution >= 0.6 is 12.2 Å². The molecule has 0 saturated carbocycles. The van der Waals surface area contributed by atoms with Crippen molar-refractivity contribution in [1.29, 1.82) is 5.26 Å². The van der Waals surface area contributed by atoms with Gasteiger partial charge in [-0.15, -0.1) is 0 Å². The molecule has 0 radical (unpaired) electrons. The summed E-state index contributed by atoms with van der Waals surface area (Å²) in [5, 5.41) is 12.0. The maximum atomic E-state index is 12.7. The van der Waals surface area contributed by atoms with Crippen molar-refractivity contribution in [3.8, 4) is 6.07 Å². The van der Waals surface area contributed by atoms with E-state index in [-0.39, 0.29) is 11.8 Å². The van der Waals surface area contributed by atoms with E-state index in [2.05, 4.69) is 10.3 Å². The summed E-state index contributed by atoms with van der Waals surface area (Å²) in [4.78, 5) is 31.9. The molecule has 0 bridgehead atoms. The van der Waals surface area contributed by atoms with Crippen molar-refractivity contribution in [1.82, 2.24) is 10.3 Å². The zero-order chi connectivity index (χ0) is 20.3. The number of nitrogens with zero attached hydrogens (tertiary/aromatic N) is 4. The Balaban J connectivity index is 1.95. The highest BCUT2D eigenvalue weighted by atomic mass is 32.1. The van der Waals surface area contributed by atoms with Crippen molar-refractivity contribution in [2.24, 2.45) is 0 Å². The third kappa shape index (κ3) is 3.70. The van der Waals surface area contributed by atoms with Gasteiger partial charge in [0.05, 0.1) is 11.9 Å². The first-order chi connectivity index (χ1) is 13.5. The number of aromatic nitrogens is 1. The molecule has 1 aromatic carbocycles. The second kappa shape index (κ2) is 8.15. The summed E-state index contributed by atoms with van der Waals surface area (Å²) in [5.74, 6) is -0.277. The fourth-order valence-corrected chi connectivity index (χ4v) is 3.46. The molecule has 1 aliphatic heterocycles. The van der Waals surface area contributed by atoms with E-state index in [1.807, 2.05) is 23.1 Å². The minimum absolute atomic E-state index is 0.111. The number of aryl methyl sites for hydroxylation is 1. The molecule has 28 heavy (non-hydrogen) atoms. The quantitative estimate of drug-likeness (QED) is 0.806. The SMILES string of the molecule is CNC(=O)c1ccc(N2CCCC(=O)N(c3cnc(C#N)c(C)c3)C2=S)cc1. The number of thiocarbonyl (C=S) groups is 1. The molecule has 1 fully saturated rings. The van der Waals surface area contributed by atoms with Crippen LogP contribution in [0.2, 0.25) is 0 Å². The summed E-state index contributed by atoms with van der Waals surface area (Å²) in [5.41, 5.74) is 2.89. The zero-order valence-electron chi connectivity index (χ0n) is 15.6. The van der Waals surface area contributed by atoms with Crippen LogP contribution in [0.4, 0.5) is 11.4 Å². The van der Waals surface area contributed by atoms with Crippen LogP contribution in [-0.2, 0) is 4.79 Å². The van der Waals surface area contributed by atoms with Crippen LogP contribution in [0.5, 0.6) is 0 Å². The number of benzene rings is 1. The predicted molar refractivity (Wildman–Crippen MR) is 110 cm³/mol. The molecule has 0 aliphatic carbocycles. The maximum absolute atomic E-state index is 12.7. The molecule has 2 amide bonds. The fraction of sp³-hybridized carbons (Fsp3) is 0.250. The second-order valence-corrected chi connectivity index (χ2v) is 6.73. The van der Waals surface area contributed by atoms with E-state index in [4.69, 9.17) is 17.5 Å².